The Balaban J connectivity index is 2.82. The third-order valence-electron chi connectivity index (χ3n) is 3.21. The second-order valence-corrected chi connectivity index (χ2v) is 5.33. The van der Waals surface area contributed by atoms with Crippen molar-refractivity contribution < 1.29 is 0 Å². The maximum atomic E-state index is 3.55. The minimum absolute atomic E-state index is 0.701. The van der Waals surface area contributed by atoms with E-state index in [4.69, 9.17) is 0 Å². The van der Waals surface area contributed by atoms with Crippen LogP contribution in [0.5, 0.6) is 0 Å². The van der Waals surface area contributed by atoms with Crippen LogP contribution < -0.4 is 10.2 Å². The SMILES string of the molecule is CCN(CC)c1ccc(C)cc1CNCC(C)C. The molecule has 0 fully saturated rings. The average Bonchev–Trinajstić information content (AvgIpc) is 2.32. The standard InChI is InChI=1S/C16H28N2/c1-6-18(7-2)16-9-8-14(5)10-15(16)12-17-11-13(3)4/h8-10,13,17H,6-7,11-12H2,1-5H3. The maximum absolute atomic E-state index is 3.55. The van der Waals surface area contributed by atoms with Crippen LogP contribution >= 0.6 is 0 Å². The number of anilines is 1. The van der Waals surface area contributed by atoms with E-state index in [0.29, 0.717) is 5.92 Å². The molecule has 102 valence electrons. The Kier molecular flexibility index (Phi) is 6.20. The van der Waals surface area contributed by atoms with Gasteiger partial charge in [-0.05, 0) is 44.9 Å². The molecule has 0 radical (unpaired) electrons. The van der Waals surface area contributed by atoms with Gasteiger partial charge in [0.2, 0.25) is 0 Å². The van der Waals surface area contributed by atoms with Crippen molar-refractivity contribution in [2.24, 2.45) is 5.92 Å². The summed E-state index contributed by atoms with van der Waals surface area (Å²) in [5, 5.41) is 3.55. The van der Waals surface area contributed by atoms with E-state index in [0.717, 1.165) is 26.2 Å². The molecular formula is C16H28N2. The van der Waals surface area contributed by atoms with Crippen LogP contribution in [0.4, 0.5) is 5.69 Å². The van der Waals surface area contributed by atoms with Crippen LogP contribution in [-0.4, -0.2) is 19.6 Å². The molecule has 0 aliphatic rings. The monoisotopic (exact) mass is 248 g/mol. The number of aryl methyl sites for hydroxylation is 1. The molecule has 1 aromatic carbocycles. The molecule has 0 aromatic heterocycles. The number of rotatable bonds is 7. The number of benzene rings is 1. The highest BCUT2D eigenvalue weighted by molar-refractivity contribution is 5.54. The van der Waals surface area contributed by atoms with Gasteiger partial charge in [-0.25, -0.2) is 0 Å². The highest BCUT2D eigenvalue weighted by Crippen LogP contribution is 2.21. The summed E-state index contributed by atoms with van der Waals surface area (Å²) in [5.41, 5.74) is 4.13. The third kappa shape index (κ3) is 4.34. The molecule has 0 bridgehead atoms. The Labute approximate surface area is 112 Å². The fourth-order valence-electron chi connectivity index (χ4n) is 2.22. The molecule has 0 unspecified atom stereocenters. The summed E-state index contributed by atoms with van der Waals surface area (Å²) in [6.45, 7) is 15.3. The molecule has 0 aliphatic carbocycles. The average molecular weight is 248 g/mol. The van der Waals surface area contributed by atoms with Crippen molar-refractivity contribution in [1.29, 1.82) is 0 Å². The molecule has 0 aliphatic heterocycles. The van der Waals surface area contributed by atoms with Gasteiger partial charge in [-0.2, -0.15) is 0 Å². The lowest BCUT2D eigenvalue weighted by Gasteiger charge is -2.25. The normalized spacial score (nSPS) is 11.0. The minimum Gasteiger partial charge on any atom is -0.372 e. The molecule has 0 saturated carbocycles. The van der Waals surface area contributed by atoms with Crippen LogP contribution in [0.15, 0.2) is 18.2 Å². The van der Waals surface area contributed by atoms with Crippen LogP contribution in [-0.2, 0) is 6.54 Å². The predicted molar refractivity (Wildman–Crippen MR) is 81.3 cm³/mol. The van der Waals surface area contributed by atoms with Crippen molar-refractivity contribution in [2.45, 2.75) is 41.2 Å². The van der Waals surface area contributed by atoms with Gasteiger partial charge in [0.05, 0.1) is 0 Å². The Morgan fingerprint density at radius 3 is 2.39 bits per heavy atom. The summed E-state index contributed by atoms with van der Waals surface area (Å²) in [4.78, 5) is 2.42. The Morgan fingerprint density at radius 2 is 1.83 bits per heavy atom. The number of hydrogen-bond donors (Lipinski definition) is 1. The van der Waals surface area contributed by atoms with E-state index in [1.165, 1.54) is 16.8 Å². The molecule has 0 saturated heterocycles. The highest BCUT2D eigenvalue weighted by atomic mass is 15.1. The van der Waals surface area contributed by atoms with Gasteiger partial charge in [-0.15, -0.1) is 0 Å². The zero-order chi connectivity index (χ0) is 13.5. The van der Waals surface area contributed by atoms with Gasteiger partial charge in [0.15, 0.2) is 0 Å². The van der Waals surface area contributed by atoms with Crippen molar-refractivity contribution in [1.82, 2.24) is 5.32 Å². The molecule has 0 atom stereocenters. The van der Waals surface area contributed by atoms with Crippen molar-refractivity contribution in [3.05, 3.63) is 29.3 Å². The van der Waals surface area contributed by atoms with Crippen molar-refractivity contribution in [3.8, 4) is 0 Å². The lowest BCUT2D eigenvalue weighted by molar-refractivity contribution is 0.552. The summed E-state index contributed by atoms with van der Waals surface area (Å²) in [6.07, 6.45) is 0. The van der Waals surface area contributed by atoms with E-state index >= 15 is 0 Å². The van der Waals surface area contributed by atoms with Crippen LogP contribution in [0.3, 0.4) is 0 Å². The fourth-order valence-corrected chi connectivity index (χ4v) is 2.22. The van der Waals surface area contributed by atoms with Gasteiger partial charge in [-0.3, -0.25) is 0 Å². The molecule has 0 spiro atoms. The summed E-state index contributed by atoms with van der Waals surface area (Å²) in [6, 6.07) is 6.77. The topological polar surface area (TPSA) is 15.3 Å². The Morgan fingerprint density at radius 1 is 1.17 bits per heavy atom. The molecule has 1 aromatic rings. The van der Waals surface area contributed by atoms with Gasteiger partial charge in [-0.1, -0.05) is 31.5 Å². The molecule has 0 heterocycles. The fraction of sp³-hybridized carbons (Fsp3) is 0.625. The van der Waals surface area contributed by atoms with E-state index in [2.05, 4.69) is 63.0 Å². The summed E-state index contributed by atoms with van der Waals surface area (Å²) in [7, 11) is 0. The van der Waals surface area contributed by atoms with E-state index in [1.807, 2.05) is 0 Å². The molecule has 1 N–H and O–H groups in total. The van der Waals surface area contributed by atoms with Crippen molar-refractivity contribution in [3.63, 3.8) is 0 Å². The van der Waals surface area contributed by atoms with E-state index < -0.39 is 0 Å². The second-order valence-electron chi connectivity index (χ2n) is 5.33. The first-order chi connectivity index (χ1) is 8.58. The highest BCUT2D eigenvalue weighted by Gasteiger charge is 2.08. The summed E-state index contributed by atoms with van der Waals surface area (Å²) < 4.78 is 0. The first kappa shape index (κ1) is 15.0. The third-order valence-corrected chi connectivity index (χ3v) is 3.21. The van der Waals surface area contributed by atoms with Crippen LogP contribution in [0, 0.1) is 12.8 Å². The molecule has 1 rings (SSSR count). The van der Waals surface area contributed by atoms with E-state index in [-0.39, 0.29) is 0 Å². The molecule has 2 nitrogen and oxygen atoms in total. The van der Waals surface area contributed by atoms with Crippen LogP contribution in [0.2, 0.25) is 0 Å². The molecule has 2 heteroatoms. The smallest absolute Gasteiger partial charge is 0.0411 e. The quantitative estimate of drug-likeness (QED) is 0.793. The van der Waals surface area contributed by atoms with Crippen molar-refractivity contribution >= 4 is 5.69 Å². The van der Waals surface area contributed by atoms with Gasteiger partial charge in [0, 0.05) is 25.3 Å². The van der Waals surface area contributed by atoms with Gasteiger partial charge in [0.25, 0.3) is 0 Å². The zero-order valence-corrected chi connectivity index (χ0v) is 12.6. The Hall–Kier alpha value is -1.02. The van der Waals surface area contributed by atoms with Crippen LogP contribution in [0.1, 0.15) is 38.8 Å². The van der Waals surface area contributed by atoms with E-state index in [9.17, 15) is 0 Å². The first-order valence-electron chi connectivity index (χ1n) is 7.13. The largest absolute Gasteiger partial charge is 0.372 e. The van der Waals surface area contributed by atoms with Crippen molar-refractivity contribution in [2.75, 3.05) is 24.5 Å². The predicted octanol–water partition coefficient (Wildman–Crippen LogP) is 3.59. The lowest BCUT2D eigenvalue weighted by atomic mass is 10.1. The summed E-state index contributed by atoms with van der Waals surface area (Å²) in [5.74, 6) is 0.701. The maximum Gasteiger partial charge on any atom is 0.0411 e. The lowest BCUT2D eigenvalue weighted by Crippen LogP contribution is -2.25. The van der Waals surface area contributed by atoms with Gasteiger partial charge < -0.3 is 10.2 Å². The zero-order valence-electron chi connectivity index (χ0n) is 12.6. The first-order valence-corrected chi connectivity index (χ1v) is 7.13. The molecule has 0 amide bonds. The number of nitrogens with one attached hydrogen (secondary N) is 1. The Bertz CT molecular complexity index is 354. The minimum atomic E-state index is 0.701. The molecule has 18 heavy (non-hydrogen) atoms. The molecular weight excluding hydrogens is 220 g/mol. The van der Waals surface area contributed by atoms with Crippen LogP contribution in [0.25, 0.3) is 0 Å². The van der Waals surface area contributed by atoms with Gasteiger partial charge in [0.1, 0.15) is 0 Å². The second kappa shape index (κ2) is 7.42. The number of hydrogen-bond acceptors (Lipinski definition) is 2. The summed E-state index contributed by atoms with van der Waals surface area (Å²) >= 11 is 0. The van der Waals surface area contributed by atoms with E-state index in [1.54, 1.807) is 0 Å². The van der Waals surface area contributed by atoms with Gasteiger partial charge >= 0.3 is 0 Å². The number of nitrogens with zero attached hydrogens (tertiary/aromatic N) is 1.